The minimum Gasteiger partial charge on any atom is -0.444 e. The molecule has 0 atom stereocenters. The van der Waals surface area contributed by atoms with Crippen LogP contribution < -0.4 is 0 Å². The van der Waals surface area contributed by atoms with Crippen LogP contribution in [-0.4, -0.2) is 77.9 Å². The average molecular weight is 351 g/mol. The standard InChI is InChI=1S/C18H29N3O4/c1-18(2,3)25-17(24)20-9-6-13(7-10-20)21-11-8-15(22)14(16(21)23)12-19(4)5/h12-13H,6-11H2,1-5H3/b14-12+. The summed E-state index contributed by atoms with van der Waals surface area (Å²) in [4.78, 5) is 42.1. The van der Waals surface area contributed by atoms with E-state index >= 15 is 0 Å². The van der Waals surface area contributed by atoms with Gasteiger partial charge in [0.1, 0.15) is 5.60 Å². The highest BCUT2D eigenvalue weighted by atomic mass is 16.6. The van der Waals surface area contributed by atoms with Crippen molar-refractivity contribution >= 4 is 17.8 Å². The second kappa shape index (κ2) is 7.45. The van der Waals surface area contributed by atoms with Gasteiger partial charge < -0.3 is 19.4 Å². The van der Waals surface area contributed by atoms with Gasteiger partial charge in [0, 0.05) is 52.4 Å². The minimum absolute atomic E-state index is 0.0600. The van der Waals surface area contributed by atoms with Crippen molar-refractivity contribution in [3.8, 4) is 0 Å². The topological polar surface area (TPSA) is 70.2 Å². The monoisotopic (exact) mass is 351 g/mol. The lowest BCUT2D eigenvalue weighted by Gasteiger charge is -2.40. The van der Waals surface area contributed by atoms with Gasteiger partial charge in [-0.3, -0.25) is 9.59 Å². The molecule has 2 aliphatic heterocycles. The van der Waals surface area contributed by atoms with E-state index in [1.54, 1.807) is 35.0 Å². The van der Waals surface area contributed by atoms with Gasteiger partial charge >= 0.3 is 6.09 Å². The number of nitrogens with zero attached hydrogens (tertiary/aromatic N) is 3. The van der Waals surface area contributed by atoms with Crippen molar-refractivity contribution in [2.75, 3.05) is 33.7 Å². The predicted octanol–water partition coefficient (Wildman–Crippen LogP) is 1.63. The largest absolute Gasteiger partial charge is 0.444 e. The highest BCUT2D eigenvalue weighted by molar-refractivity contribution is 6.20. The van der Waals surface area contributed by atoms with E-state index in [-0.39, 0.29) is 29.4 Å². The summed E-state index contributed by atoms with van der Waals surface area (Å²) in [5.74, 6) is -0.290. The number of amides is 2. The molecule has 7 nitrogen and oxygen atoms in total. The van der Waals surface area contributed by atoms with Crippen molar-refractivity contribution in [2.24, 2.45) is 0 Å². The molecule has 2 saturated heterocycles. The Morgan fingerprint density at radius 1 is 1.16 bits per heavy atom. The van der Waals surface area contributed by atoms with E-state index in [1.165, 1.54) is 0 Å². The predicted molar refractivity (Wildman–Crippen MR) is 93.9 cm³/mol. The molecular weight excluding hydrogens is 322 g/mol. The lowest BCUT2D eigenvalue weighted by atomic mass is 9.96. The molecular formula is C18H29N3O4. The third kappa shape index (κ3) is 4.96. The number of hydrogen-bond donors (Lipinski definition) is 0. The SMILES string of the molecule is CN(C)/C=C1\C(=O)CCN(C2CCN(C(=O)OC(C)(C)C)CC2)C1=O. The number of carbonyl (C=O) groups is 3. The normalized spacial score (nSPS) is 21.7. The van der Waals surface area contributed by atoms with Crippen LogP contribution in [0.1, 0.15) is 40.0 Å². The fraction of sp³-hybridized carbons (Fsp3) is 0.722. The first-order valence-corrected chi connectivity index (χ1v) is 8.79. The summed E-state index contributed by atoms with van der Waals surface area (Å²) in [6, 6.07) is 0.0600. The van der Waals surface area contributed by atoms with Crippen molar-refractivity contribution in [1.29, 1.82) is 0 Å². The molecule has 2 heterocycles. The van der Waals surface area contributed by atoms with Gasteiger partial charge in [0.15, 0.2) is 5.78 Å². The van der Waals surface area contributed by atoms with Crippen LogP contribution in [0.4, 0.5) is 4.79 Å². The summed E-state index contributed by atoms with van der Waals surface area (Å²) >= 11 is 0. The van der Waals surface area contributed by atoms with Crippen LogP contribution in [0.15, 0.2) is 11.8 Å². The van der Waals surface area contributed by atoms with E-state index in [9.17, 15) is 14.4 Å². The van der Waals surface area contributed by atoms with E-state index in [4.69, 9.17) is 4.74 Å². The lowest BCUT2D eigenvalue weighted by molar-refractivity contribution is -0.136. The molecule has 0 saturated carbocycles. The van der Waals surface area contributed by atoms with Crippen molar-refractivity contribution < 1.29 is 19.1 Å². The maximum absolute atomic E-state index is 12.7. The number of Topliss-reactive ketones (excluding diaryl/α,β-unsaturated/α-hetero) is 1. The molecule has 0 aromatic rings. The molecule has 2 rings (SSSR count). The zero-order valence-electron chi connectivity index (χ0n) is 15.9. The van der Waals surface area contributed by atoms with E-state index in [2.05, 4.69) is 0 Å². The maximum atomic E-state index is 12.7. The van der Waals surface area contributed by atoms with Crippen molar-refractivity contribution in [3.63, 3.8) is 0 Å². The Kier molecular flexibility index (Phi) is 5.75. The van der Waals surface area contributed by atoms with Gasteiger partial charge in [0.05, 0.1) is 5.57 Å². The number of likely N-dealkylation sites (tertiary alicyclic amines) is 2. The van der Waals surface area contributed by atoms with Crippen LogP contribution in [0.5, 0.6) is 0 Å². The third-order valence-electron chi connectivity index (χ3n) is 4.32. The van der Waals surface area contributed by atoms with E-state index in [0.717, 1.165) is 0 Å². The molecule has 0 aliphatic carbocycles. The van der Waals surface area contributed by atoms with Crippen LogP contribution in [0, 0.1) is 0 Å². The van der Waals surface area contributed by atoms with Crippen LogP contribution in [0.3, 0.4) is 0 Å². The van der Waals surface area contributed by atoms with Crippen LogP contribution >= 0.6 is 0 Å². The zero-order chi connectivity index (χ0) is 18.8. The first kappa shape index (κ1) is 19.3. The van der Waals surface area contributed by atoms with Crippen molar-refractivity contribution in [3.05, 3.63) is 11.8 Å². The Morgan fingerprint density at radius 2 is 1.76 bits per heavy atom. The van der Waals surface area contributed by atoms with Crippen molar-refractivity contribution in [2.45, 2.75) is 51.7 Å². The zero-order valence-corrected chi connectivity index (χ0v) is 15.9. The molecule has 25 heavy (non-hydrogen) atoms. The summed E-state index contributed by atoms with van der Waals surface area (Å²) in [6.45, 7) is 7.12. The van der Waals surface area contributed by atoms with Crippen LogP contribution in [0.2, 0.25) is 0 Å². The quantitative estimate of drug-likeness (QED) is 0.559. The van der Waals surface area contributed by atoms with Crippen LogP contribution in [0.25, 0.3) is 0 Å². The van der Waals surface area contributed by atoms with Crippen LogP contribution in [-0.2, 0) is 14.3 Å². The molecule has 0 aromatic carbocycles. The van der Waals surface area contributed by atoms with Crippen molar-refractivity contribution in [1.82, 2.24) is 14.7 Å². The van der Waals surface area contributed by atoms with E-state index < -0.39 is 5.60 Å². The summed E-state index contributed by atoms with van der Waals surface area (Å²) in [5, 5.41) is 0. The first-order chi connectivity index (χ1) is 11.6. The number of ether oxygens (including phenoxy) is 1. The number of rotatable bonds is 2. The van der Waals surface area contributed by atoms with Gasteiger partial charge in [-0.25, -0.2) is 4.79 Å². The summed E-state index contributed by atoms with van der Waals surface area (Å²) in [5.41, 5.74) is -0.256. The Balaban J connectivity index is 1.97. The highest BCUT2D eigenvalue weighted by Gasteiger charge is 2.36. The van der Waals surface area contributed by atoms with Gasteiger partial charge in [0.2, 0.25) is 0 Å². The van der Waals surface area contributed by atoms with Gasteiger partial charge in [0.25, 0.3) is 5.91 Å². The molecule has 0 bridgehead atoms. The highest BCUT2D eigenvalue weighted by Crippen LogP contribution is 2.24. The summed E-state index contributed by atoms with van der Waals surface area (Å²) < 4.78 is 5.40. The third-order valence-corrected chi connectivity index (χ3v) is 4.32. The molecule has 2 fully saturated rings. The summed E-state index contributed by atoms with van der Waals surface area (Å²) in [7, 11) is 3.59. The first-order valence-electron chi connectivity index (χ1n) is 8.79. The Labute approximate surface area is 149 Å². The van der Waals surface area contributed by atoms with E-state index in [0.29, 0.717) is 38.9 Å². The molecule has 2 aliphatic rings. The number of hydrogen-bond acceptors (Lipinski definition) is 5. The maximum Gasteiger partial charge on any atom is 0.410 e. The van der Waals surface area contributed by atoms with Gasteiger partial charge in [-0.1, -0.05) is 0 Å². The Bertz CT molecular complexity index is 569. The summed E-state index contributed by atoms with van der Waals surface area (Å²) in [6.07, 6.45) is 3.06. The fourth-order valence-electron chi connectivity index (χ4n) is 3.15. The molecule has 0 aromatic heterocycles. The molecule has 0 unspecified atom stereocenters. The second-order valence-electron chi connectivity index (χ2n) is 7.88. The average Bonchev–Trinajstić information content (AvgIpc) is 2.50. The molecule has 0 spiro atoms. The number of ketones is 1. The lowest BCUT2D eigenvalue weighted by Crippen LogP contribution is -2.52. The van der Waals surface area contributed by atoms with Gasteiger partial charge in [-0.2, -0.15) is 0 Å². The Morgan fingerprint density at radius 3 is 2.28 bits per heavy atom. The second-order valence-corrected chi connectivity index (χ2v) is 7.88. The molecule has 0 radical (unpaired) electrons. The van der Waals surface area contributed by atoms with Gasteiger partial charge in [-0.05, 0) is 33.6 Å². The van der Waals surface area contributed by atoms with E-state index in [1.807, 2.05) is 20.8 Å². The fourth-order valence-corrected chi connectivity index (χ4v) is 3.15. The van der Waals surface area contributed by atoms with Gasteiger partial charge in [-0.15, -0.1) is 0 Å². The molecule has 2 amide bonds. The molecule has 140 valence electrons. The minimum atomic E-state index is -0.511. The number of piperidine rings is 2. The number of carbonyl (C=O) groups excluding carboxylic acids is 3. The molecule has 0 N–H and O–H groups in total. The molecule has 7 heteroatoms. The smallest absolute Gasteiger partial charge is 0.410 e. The Hall–Kier alpha value is -2.05.